The van der Waals surface area contributed by atoms with Gasteiger partial charge >= 0.3 is 12.4 Å². The quantitative estimate of drug-likeness (QED) is 0.0516. The Labute approximate surface area is 588 Å². The third-order valence-corrected chi connectivity index (χ3v) is 25.1. The molecule has 4 N–H and O–H groups in total. The van der Waals surface area contributed by atoms with Crippen molar-refractivity contribution in [3.8, 4) is 0 Å². The number of pyridine rings is 2. The summed E-state index contributed by atoms with van der Waals surface area (Å²) in [5, 5.41) is 17.6. The van der Waals surface area contributed by atoms with Crippen LogP contribution < -0.4 is 21.3 Å². The van der Waals surface area contributed by atoms with Gasteiger partial charge in [-0.2, -0.15) is 31.4 Å². The topological polar surface area (TPSA) is 323 Å². The zero-order valence-corrected chi connectivity index (χ0v) is 61.1. The maximum atomic E-state index is 13.1. The Balaban J connectivity index is 0.000000247. The molecule has 103 heavy (non-hydrogen) atoms. The largest absolute Gasteiger partial charge is 0.433 e. The Morgan fingerprint density at radius 3 is 1.04 bits per heavy atom. The minimum atomic E-state index is -4.71. The first-order chi connectivity index (χ1) is 46.8. The highest BCUT2D eigenvalue weighted by atomic mass is 32.2. The lowest BCUT2D eigenvalue weighted by Gasteiger charge is -2.23. The molecule has 4 aromatic carbocycles. The van der Waals surface area contributed by atoms with Gasteiger partial charge in [-0.15, -0.1) is 0 Å². The van der Waals surface area contributed by atoms with Crippen LogP contribution in [-0.4, -0.2) is 101 Å². The maximum Gasteiger partial charge on any atom is 0.433 e. The van der Waals surface area contributed by atoms with Crippen LogP contribution in [0.1, 0.15) is 120 Å². The van der Waals surface area contributed by atoms with Gasteiger partial charge in [0.2, 0.25) is 29.5 Å². The molecule has 0 aliphatic rings. The second kappa shape index (κ2) is 30.9. The number of hydrogen-bond donors (Lipinski definition) is 4. The molecule has 36 heteroatoms. The first-order valence-electron chi connectivity index (χ1n) is 30.2. The predicted molar refractivity (Wildman–Crippen MR) is 361 cm³/mol. The van der Waals surface area contributed by atoms with E-state index < -0.39 is 135 Å². The summed E-state index contributed by atoms with van der Waals surface area (Å²) in [6.45, 7) is 21.4. The number of alkyl halides is 6. The summed E-state index contributed by atoms with van der Waals surface area (Å²) >= 11 is 0. The van der Waals surface area contributed by atoms with Crippen LogP contribution >= 0.6 is 0 Å². The van der Waals surface area contributed by atoms with E-state index in [0.29, 0.717) is 23.8 Å². The number of nitrogens with one attached hydrogen (secondary N) is 4. The Morgan fingerprint density at radius 2 is 0.738 bits per heavy atom. The van der Waals surface area contributed by atoms with Crippen LogP contribution in [0.4, 0.5) is 67.2 Å². The van der Waals surface area contributed by atoms with Gasteiger partial charge in [0.25, 0.3) is 0 Å². The molecule has 8 aromatic rings. The number of halogens is 10. The highest BCUT2D eigenvalue weighted by Crippen LogP contribution is 2.35. The van der Waals surface area contributed by atoms with Crippen LogP contribution in [0.3, 0.4) is 0 Å². The molecule has 4 heterocycles. The number of rotatable bonds is 16. The lowest BCUT2D eigenvalue weighted by molar-refractivity contribution is -0.141. The van der Waals surface area contributed by atoms with Crippen LogP contribution in [0.25, 0.3) is 0 Å². The zero-order valence-electron chi connectivity index (χ0n) is 57.8. The fourth-order valence-corrected chi connectivity index (χ4v) is 13.6. The Bertz CT molecular complexity index is 4870. The van der Waals surface area contributed by atoms with Crippen molar-refractivity contribution in [2.75, 3.05) is 21.3 Å². The summed E-state index contributed by atoms with van der Waals surface area (Å²) in [5.74, 6) is -6.12. The van der Waals surface area contributed by atoms with Gasteiger partial charge in [0.15, 0.2) is 39.3 Å². The molecule has 0 radical (unpaired) electrons. The molecule has 0 bridgehead atoms. The minimum absolute atomic E-state index is 0.0670. The fourth-order valence-electron chi connectivity index (χ4n) is 8.12. The number of aryl methyl sites for hydroxylation is 1. The van der Waals surface area contributed by atoms with Gasteiger partial charge in [-0.3, -0.25) is 29.2 Å². The van der Waals surface area contributed by atoms with Gasteiger partial charge in [-0.1, -0.05) is 52.8 Å². The molecule has 0 aliphatic heterocycles. The molecule has 8 rings (SSSR count). The van der Waals surface area contributed by atoms with E-state index in [1.54, 1.807) is 19.2 Å². The van der Waals surface area contributed by atoms with E-state index in [9.17, 15) is 96.8 Å². The van der Waals surface area contributed by atoms with Crippen molar-refractivity contribution in [3.05, 3.63) is 192 Å². The number of aromatic nitrogens is 5. The smallest absolute Gasteiger partial charge is 0.338 e. The molecule has 0 saturated carbocycles. The number of benzene rings is 4. The first kappa shape index (κ1) is 84.2. The number of anilines is 4. The van der Waals surface area contributed by atoms with Crippen molar-refractivity contribution in [3.63, 3.8) is 0 Å². The molecule has 4 amide bonds. The average molecular weight is 1530 g/mol. The molecule has 0 atom stereocenters. The molecule has 4 aromatic heterocycles. The van der Waals surface area contributed by atoms with E-state index in [1.807, 2.05) is 41.5 Å². The molecule has 0 aliphatic carbocycles. The highest BCUT2D eigenvalue weighted by molar-refractivity contribution is 7.94. The van der Waals surface area contributed by atoms with Gasteiger partial charge in [-0.05, 0) is 177 Å². The van der Waals surface area contributed by atoms with Crippen molar-refractivity contribution in [2.24, 2.45) is 7.05 Å². The number of carbonyl (C=O) groups excluding carboxylic acids is 4. The predicted octanol–water partition coefficient (Wildman–Crippen LogP) is 13.2. The van der Waals surface area contributed by atoms with Crippen molar-refractivity contribution < 1.29 is 101 Å². The zero-order chi connectivity index (χ0) is 78.5. The highest BCUT2D eigenvalue weighted by Gasteiger charge is 2.47. The van der Waals surface area contributed by atoms with Gasteiger partial charge in [0, 0.05) is 36.2 Å². The molecular formula is C67H73F10N9O13S4. The third kappa shape index (κ3) is 19.9. The van der Waals surface area contributed by atoms with Crippen LogP contribution in [0, 0.1) is 23.3 Å². The molecule has 0 fully saturated rings. The van der Waals surface area contributed by atoms with Crippen molar-refractivity contribution in [1.82, 2.24) is 24.9 Å². The third-order valence-electron chi connectivity index (χ3n) is 15.4. The molecule has 558 valence electrons. The van der Waals surface area contributed by atoms with Gasteiger partial charge in [-0.25, -0.2) is 61.2 Å². The van der Waals surface area contributed by atoms with E-state index in [0.717, 1.165) is 155 Å². The van der Waals surface area contributed by atoms with Crippen LogP contribution in [0.5, 0.6) is 0 Å². The van der Waals surface area contributed by atoms with Crippen molar-refractivity contribution in [1.29, 1.82) is 0 Å². The maximum absolute atomic E-state index is 13.1. The normalized spacial score (nSPS) is 12.8. The van der Waals surface area contributed by atoms with Crippen LogP contribution in [0.2, 0.25) is 0 Å². The Kier molecular flexibility index (Phi) is 25.3. The summed E-state index contributed by atoms with van der Waals surface area (Å²) in [5.41, 5.74) is -1.32. The van der Waals surface area contributed by atoms with E-state index in [-0.39, 0.29) is 42.1 Å². The molecular weight excluding hydrogens is 1460 g/mol. The Morgan fingerprint density at radius 1 is 0.398 bits per heavy atom. The summed E-state index contributed by atoms with van der Waals surface area (Å²) in [7, 11) is -14.8. The van der Waals surface area contributed by atoms with E-state index >= 15 is 0 Å². The van der Waals surface area contributed by atoms with Crippen LogP contribution in [0.15, 0.2) is 170 Å². The first-order valence-corrected chi connectivity index (χ1v) is 36.1. The SMILES string of the molecule is CC(C)(C(=O)Nc1ccc(C(F)(F)F)cn1)S(=O)(=O)c1ccc(F)cc1.CC(C)(C(=O)Nc1cccc(C(F)(F)F)n1)S(=O)(=O)c1ccc(F)cc1.CC(C)(C)c1cc(NC(=O)C(C)(C)S(=O)(=O)c2ccc(F)cc2)on1.Cn1nc(C(C)(C)C)cc1NC(=O)C(C)(C)S(=O)(=O)c1ccc(F)cc1. The summed E-state index contributed by atoms with van der Waals surface area (Å²) < 4.78 is 228. The van der Waals surface area contributed by atoms with E-state index in [1.165, 1.54) is 32.4 Å². The lowest BCUT2D eigenvalue weighted by Crippen LogP contribution is -2.44. The van der Waals surface area contributed by atoms with E-state index in [2.05, 4.69) is 41.5 Å². The monoisotopic (exact) mass is 1530 g/mol. The standard InChI is InChI=1S/C18H24FN3O3S.C17H21FN2O4S.2C16H14F4N2O3S/c1-17(2,3)14-11-15(22(6)21-14)20-16(23)18(4,5)26(24,25)13-9-7-12(19)8-10-13;1-16(2,3)13-10-14(24-20-13)19-15(21)17(4,5)25(22,23)12-8-6-11(18)7-9-12;1-15(2,26(24,25)12-6-4-11(17)5-7-12)14(23)22-13-8-3-10(9-21-13)16(18,19)20;1-15(2,26(24,25)11-8-6-10(17)7-9-11)14(23)22-13-5-3-4-12(21-13)16(18,19)20/h7-11H,1-6H3,(H,20,23);6-10H,1-5H3,(H,19,21);2*3-9H,1-2H3,(H,21,22,23). The number of hydrogen-bond acceptors (Lipinski definition) is 17. The summed E-state index contributed by atoms with van der Waals surface area (Å²) in [6.07, 6.45) is -8.77. The number of nitrogens with zero attached hydrogens (tertiary/aromatic N) is 5. The van der Waals surface area contributed by atoms with Gasteiger partial charge in [0.05, 0.1) is 36.5 Å². The summed E-state index contributed by atoms with van der Waals surface area (Å²) in [4.78, 5) is 56.0. The van der Waals surface area contributed by atoms with Crippen molar-refractivity contribution in [2.45, 2.75) is 159 Å². The molecule has 22 nitrogen and oxygen atoms in total. The Hall–Kier alpha value is -9.42. The number of carbonyl (C=O) groups is 4. The average Bonchev–Trinajstić information content (AvgIpc) is 1.08. The number of sulfone groups is 4. The molecule has 0 saturated heterocycles. The number of amides is 4. The van der Waals surface area contributed by atoms with Crippen LogP contribution in [-0.2, 0) is 88.8 Å². The lowest BCUT2D eigenvalue weighted by atomic mass is 9.92. The minimum Gasteiger partial charge on any atom is -0.338 e. The van der Waals surface area contributed by atoms with Gasteiger partial charge < -0.3 is 20.5 Å². The van der Waals surface area contributed by atoms with E-state index in [4.69, 9.17) is 4.52 Å². The summed E-state index contributed by atoms with van der Waals surface area (Å²) in [6, 6.07) is 24.3. The molecule has 0 unspecified atom stereocenters. The second-order valence-electron chi connectivity index (χ2n) is 26.6. The van der Waals surface area contributed by atoms with Crippen molar-refractivity contribution >= 4 is 86.3 Å². The van der Waals surface area contributed by atoms with Gasteiger partial charge in [0.1, 0.15) is 65.4 Å². The molecule has 0 spiro atoms. The second-order valence-corrected chi connectivity index (χ2v) is 36.6. The fraction of sp³-hybridized carbons (Fsp3) is 0.343.